The average molecular weight is 408 g/mol. The molecule has 0 unspecified atom stereocenters. The molecule has 0 amide bonds. The van der Waals surface area contributed by atoms with Gasteiger partial charge in [0.25, 0.3) is 0 Å². The van der Waals surface area contributed by atoms with Crippen LogP contribution in [0.25, 0.3) is 15.9 Å². The summed E-state index contributed by atoms with van der Waals surface area (Å²) in [5.74, 6) is 0.356. The number of benzene rings is 2. The summed E-state index contributed by atoms with van der Waals surface area (Å²) in [5.41, 5.74) is 3.92. The Hall–Kier alpha value is -1.75. The summed E-state index contributed by atoms with van der Waals surface area (Å²) < 4.78 is 8.47. The lowest BCUT2D eigenvalue weighted by Crippen LogP contribution is -2.24. The zero-order valence-electron chi connectivity index (χ0n) is 17.2. The second-order valence-corrected chi connectivity index (χ2v) is 15.8. The molecule has 1 aromatic heterocycles. The van der Waals surface area contributed by atoms with Crippen molar-refractivity contribution in [2.24, 2.45) is 0 Å². The molecule has 4 heteroatoms. The van der Waals surface area contributed by atoms with Crippen molar-refractivity contribution in [1.82, 2.24) is 4.57 Å². The van der Waals surface area contributed by atoms with Crippen LogP contribution >= 0.6 is 11.8 Å². The van der Waals surface area contributed by atoms with E-state index >= 15 is 0 Å². The highest BCUT2D eigenvalue weighted by molar-refractivity contribution is 8.09. The van der Waals surface area contributed by atoms with Gasteiger partial charge in [-0.15, -0.1) is 11.8 Å². The molecule has 0 N–H and O–H groups in total. The number of rotatable bonds is 5. The van der Waals surface area contributed by atoms with E-state index in [2.05, 4.69) is 90.9 Å². The number of aromatic nitrogens is 1. The summed E-state index contributed by atoms with van der Waals surface area (Å²) in [7, 11) is 0.667. The standard InChI is InChI=1S/C24H29NOSSi/c1-26-23-15-20(18-10-6-5-7-11-18)16-24(27-17-28(2,3)4)25-21-13-9-8-12-19(21)14-22(23)25/h5-14,16,20,23H,15,17H2,1-4H3/t20-,23-/m0/s1. The zero-order chi connectivity index (χ0) is 19.7. The van der Waals surface area contributed by atoms with E-state index < -0.39 is 8.07 Å². The number of ether oxygens (including phenoxy) is 1. The Bertz CT molecular complexity index is 987. The molecule has 2 atom stereocenters. The fraction of sp³-hybridized carbons (Fsp3) is 0.333. The summed E-state index contributed by atoms with van der Waals surface area (Å²) >= 11 is 2.02. The number of allylic oxidation sites excluding steroid dienone is 1. The maximum atomic E-state index is 6.02. The summed E-state index contributed by atoms with van der Waals surface area (Å²) in [5, 5.41) is 3.86. The lowest BCUT2D eigenvalue weighted by molar-refractivity contribution is 0.0894. The van der Waals surface area contributed by atoms with Crippen molar-refractivity contribution in [3.63, 3.8) is 0 Å². The van der Waals surface area contributed by atoms with Crippen LogP contribution in [0.15, 0.2) is 66.7 Å². The molecular formula is C24H29NOSSi. The van der Waals surface area contributed by atoms with Gasteiger partial charge in [-0.1, -0.05) is 68.2 Å². The molecule has 2 heterocycles. The minimum Gasteiger partial charge on any atom is -0.375 e. The lowest BCUT2D eigenvalue weighted by Gasteiger charge is -2.20. The Morgan fingerprint density at radius 3 is 2.46 bits per heavy atom. The summed E-state index contributed by atoms with van der Waals surface area (Å²) in [6.45, 7) is 7.33. The normalized spacial score (nSPS) is 19.9. The van der Waals surface area contributed by atoms with Crippen molar-refractivity contribution in [3.05, 3.63) is 78.0 Å². The van der Waals surface area contributed by atoms with E-state index in [0.717, 1.165) is 6.42 Å². The van der Waals surface area contributed by atoms with Crippen LogP contribution in [-0.2, 0) is 4.74 Å². The van der Waals surface area contributed by atoms with Gasteiger partial charge in [0.15, 0.2) is 0 Å². The Kier molecular flexibility index (Phi) is 5.54. The third-order valence-electron chi connectivity index (χ3n) is 5.27. The van der Waals surface area contributed by atoms with Crippen LogP contribution in [-0.4, -0.2) is 25.1 Å². The quantitative estimate of drug-likeness (QED) is 0.426. The molecule has 0 aliphatic carbocycles. The third kappa shape index (κ3) is 4.00. The maximum absolute atomic E-state index is 6.02. The average Bonchev–Trinajstić information content (AvgIpc) is 2.99. The van der Waals surface area contributed by atoms with Crippen molar-refractivity contribution in [2.75, 3.05) is 12.5 Å². The summed E-state index contributed by atoms with van der Waals surface area (Å²) in [4.78, 5) is 0. The number of nitrogens with zero attached hydrogens (tertiary/aromatic N) is 1. The first kappa shape index (κ1) is 19.6. The highest BCUT2D eigenvalue weighted by Gasteiger charge is 2.28. The molecule has 2 aromatic carbocycles. The second-order valence-electron chi connectivity index (χ2n) is 8.79. The van der Waals surface area contributed by atoms with E-state index in [-0.39, 0.29) is 6.10 Å². The smallest absolute Gasteiger partial charge is 0.0983 e. The highest BCUT2D eigenvalue weighted by atomic mass is 32.2. The van der Waals surface area contributed by atoms with E-state index in [0.29, 0.717) is 5.92 Å². The van der Waals surface area contributed by atoms with Gasteiger partial charge in [-0.25, -0.2) is 0 Å². The largest absolute Gasteiger partial charge is 0.375 e. The van der Waals surface area contributed by atoms with E-state index in [1.54, 1.807) is 0 Å². The van der Waals surface area contributed by atoms with Gasteiger partial charge in [-0.05, 0) is 35.6 Å². The highest BCUT2D eigenvalue weighted by Crippen LogP contribution is 2.43. The topological polar surface area (TPSA) is 14.2 Å². The number of fused-ring (bicyclic) bond motifs is 3. The minimum absolute atomic E-state index is 0.0823. The molecule has 0 saturated heterocycles. The van der Waals surface area contributed by atoms with Crippen molar-refractivity contribution in [2.45, 2.75) is 38.1 Å². The van der Waals surface area contributed by atoms with Crippen molar-refractivity contribution >= 4 is 35.8 Å². The number of methoxy groups -OCH3 is 1. The molecule has 0 saturated carbocycles. The first-order valence-electron chi connectivity index (χ1n) is 9.99. The molecule has 0 fully saturated rings. The molecule has 4 rings (SSSR count). The van der Waals surface area contributed by atoms with Crippen LogP contribution in [0.3, 0.4) is 0 Å². The third-order valence-corrected chi connectivity index (χ3v) is 9.92. The van der Waals surface area contributed by atoms with Gasteiger partial charge in [0.05, 0.1) is 30.4 Å². The Morgan fingerprint density at radius 2 is 1.75 bits per heavy atom. The summed E-state index contributed by atoms with van der Waals surface area (Å²) in [6, 6.07) is 21.9. The Balaban J connectivity index is 1.87. The minimum atomic E-state index is -1.18. The fourth-order valence-electron chi connectivity index (χ4n) is 3.88. The molecule has 1 aliphatic heterocycles. The van der Waals surface area contributed by atoms with Gasteiger partial charge in [-0.3, -0.25) is 0 Å². The number of thioether (sulfide) groups is 1. The molecule has 1 aliphatic rings. The zero-order valence-corrected chi connectivity index (χ0v) is 19.0. The van der Waals surface area contributed by atoms with Crippen LogP contribution in [0.4, 0.5) is 0 Å². The van der Waals surface area contributed by atoms with E-state index in [4.69, 9.17) is 4.74 Å². The van der Waals surface area contributed by atoms with E-state index in [9.17, 15) is 0 Å². The van der Waals surface area contributed by atoms with Crippen LogP contribution < -0.4 is 0 Å². The predicted octanol–water partition coefficient (Wildman–Crippen LogP) is 6.93. The van der Waals surface area contributed by atoms with Gasteiger partial charge >= 0.3 is 0 Å². The summed E-state index contributed by atoms with van der Waals surface area (Å²) in [6.07, 6.45) is 3.53. The van der Waals surface area contributed by atoms with Crippen molar-refractivity contribution < 1.29 is 4.74 Å². The van der Waals surface area contributed by atoms with Gasteiger partial charge in [0, 0.05) is 18.4 Å². The van der Waals surface area contributed by atoms with Crippen LogP contribution in [0, 0.1) is 0 Å². The molecule has 3 aromatic rings. The first-order valence-corrected chi connectivity index (χ1v) is 14.7. The Morgan fingerprint density at radius 1 is 1.04 bits per heavy atom. The maximum Gasteiger partial charge on any atom is 0.0983 e. The predicted molar refractivity (Wildman–Crippen MR) is 126 cm³/mol. The monoisotopic (exact) mass is 407 g/mol. The lowest BCUT2D eigenvalue weighted by atomic mass is 9.92. The second kappa shape index (κ2) is 7.94. The Labute approximate surface area is 173 Å². The molecule has 0 spiro atoms. The molecule has 0 bridgehead atoms. The molecule has 0 radical (unpaired) electrons. The fourth-order valence-corrected chi connectivity index (χ4v) is 6.79. The van der Waals surface area contributed by atoms with Crippen LogP contribution in [0.1, 0.15) is 29.7 Å². The first-order chi connectivity index (χ1) is 13.5. The number of para-hydroxylation sites is 1. The van der Waals surface area contributed by atoms with E-state index in [1.165, 1.54) is 32.6 Å². The van der Waals surface area contributed by atoms with Crippen LogP contribution in [0.2, 0.25) is 19.6 Å². The molecule has 28 heavy (non-hydrogen) atoms. The van der Waals surface area contributed by atoms with Gasteiger partial charge in [0.1, 0.15) is 0 Å². The van der Waals surface area contributed by atoms with Gasteiger partial charge < -0.3 is 9.30 Å². The number of hydrogen-bond donors (Lipinski definition) is 0. The van der Waals surface area contributed by atoms with Gasteiger partial charge in [0.2, 0.25) is 0 Å². The van der Waals surface area contributed by atoms with E-state index in [1.807, 2.05) is 18.9 Å². The van der Waals surface area contributed by atoms with Gasteiger partial charge in [-0.2, -0.15) is 0 Å². The van der Waals surface area contributed by atoms with Crippen molar-refractivity contribution in [3.8, 4) is 0 Å². The SMILES string of the molecule is CO[C@H]1C[C@H](c2ccccc2)C=C(SC[Si](C)(C)C)n2c1cc1ccccc12. The molecule has 146 valence electrons. The molecular weight excluding hydrogens is 378 g/mol. The molecule has 2 nitrogen and oxygen atoms in total. The number of hydrogen-bond acceptors (Lipinski definition) is 2. The van der Waals surface area contributed by atoms with Crippen molar-refractivity contribution in [1.29, 1.82) is 0 Å². The van der Waals surface area contributed by atoms with Crippen LogP contribution in [0.5, 0.6) is 0 Å².